The summed E-state index contributed by atoms with van der Waals surface area (Å²) < 4.78 is 12.2. The van der Waals surface area contributed by atoms with Crippen LogP contribution in [0.4, 0.5) is 0 Å². The molecule has 3 rings (SSSR count). The molecule has 0 radical (unpaired) electrons. The lowest BCUT2D eigenvalue weighted by Crippen LogP contribution is -2.66. The highest BCUT2D eigenvalue weighted by molar-refractivity contribution is 6.99. The van der Waals surface area contributed by atoms with E-state index in [0.717, 1.165) is 24.2 Å². The first kappa shape index (κ1) is 25.9. The minimum Gasteiger partial charge on any atom is -0.497 e. The van der Waals surface area contributed by atoms with Crippen molar-refractivity contribution in [3.8, 4) is 5.75 Å². The van der Waals surface area contributed by atoms with Crippen LogP contribution in [0.2, 0.25) is 5.04 Å². The van der Waals surface area contributed by atoms with E-state index in [2.05, 4.69) is 81.4 Å². The molecule has 3 aromatic carbocycles. The quantitative estimate of drug-likeness (QED) is 0.330. The van der Waals surface area contributed by atoms with E-state index >= 15 is 0 Å². The molecule has 3 nitrogen and oxygen atoms in total. The van der Waals surface area contributed by atoms with Crippen LogP contribution in [-0.2, 0) is 15.6 Å². The summed E-state index contributed by atoms with van der Waals surface area (Å²) in [7, 11) is -0.893. The average Bonchev–Trinajstić information content (AvgIpc) is 2.85. The second kappa shape index (κ2) is 11.6. The van der Waals surface area contributed by atoms with Gasteiger partial charge in [0.2, 0.25) is 0 Å². The fraction of sp³-hybridized carbons (Fsp3) is 0.367. The predicted molar refractivity (Wildman–Crippen MR) is 144 cm³/mol. The fourth-order valence-electron chi connectivity index (χ4n) is 4.62. The second-order valence-corrected chi connectivity index (χ2v) is 14.3. The summed E-state index contributed by atoms with van der Waals surface area (Å²) in [4.78, 5) is 12.9. The third kappa shape index (κ3) is 6.05. The molecule has 3 aromatic rings. The maximum Gasteiger partial charge on any atom is 0.261 e. The fourth-order valence-corrected chi connectivity index (χ4v) is 9.20. The Labute approximate surface area is 206 Å². The molecule has 0 aromatic heterocycles. The zero-order chi connectivity index (χ0) is 24.6. The van der Waals surface area contributed by atoms with Crippen LogP contribution in [-0.4, -0.2) is 27.8 Å². The van der Waals surface area contributed by atoms with Crippen LogP contribution in [0, 0.1) is 5.92 Å². The van der Waals surface area contributed by atoms with E-state index in [1.54, 1.807) is 7.11 Å². The summed E-state index contributed by atoms with van der Waals surface area (Å²) in [6.45, 7) is 9.45. The van der Waals surface area contributed by atoms with Gasteiger partial charge in [-0.05, 0) is 45.9 Å². The number of benzene rings is 3. The molecule has 0 fully saturated rings. The standard InChI is InChI=1S/C30H38O3Si/c1-24(29(31)21-18-25-16-19-26(32-5)20-17-25)22-23-33-34(30(2,3)4,27-12-8-6-9-13-27)28-14-10-7-11-15-28/h6-17,19-20,24H,18,21-23H2,1-5H3. The first-order valence-corrected chi connectivity index (χ1v) is 14.1. The van der Waals surface area contributed by atoms with Crippen molar-refractivity contribution in [3.05, 3.63) is 90.5 Å². The number of Topliss-reactive ketones (excluding diaryl/α,β-unsaturated/α-hetero) is 1. The molecule has 0 amide bonds. The van der Waals surface area contributed by atoms with E-state index in [4.69, 9.17) is 9.16 Å². The molecule has 0 aliphatic rings. The summed E-state index contributed by atoms with van der Waals surface area (Å²) in [6.07, 6.45) is 2.03. The maximum absolute atomic E-state index is 12.9. The lowest BCUT2D eigenvalue weighted by Gasteiger charge is -2.43. The summed E-state index contributed by atoms with van der Waals surface area (Å²) in [5, 5.41) is 2.48. The average molecular weight is 475 g/mol. The monoisotopic (exact) mass is 474 g/mol. The number of ketones is 1. The van der Waals surface area contributed by atoms with Crippen LogP contribution in [0.3, 0.4) is 0 Å². The molecule has 0 bridgehead atoms. The number of carbonyl (C=O) groups is 1. The molecule has 0 aliphatic carbocycles. The van der Waals surface area contributed by atoms with Crippen molar-refractivity contribution in [1.29, 1.82) is 0 Å². The first-order chi connectivity index (χ1) is 16.3. The van der Waals surface area contributed by atoms with Gasteiger partial charge in [-0.3, -0.25) is 4.79 Å². The zero-order valence-electron chi connectivity index (χ0n) is 21.2. The summed E-state index contributed by atoms with van der Waals surface area (Å²) in [5.74, 6) is 1.10. The van der Waals surface area contributed by atoms with Gasteiger partial charge >= 0.3 is 0 Å². The van der Waals surface area contributed by atoms with Gasteiger partial charge in [0.15, 0.2) is 0 Å². The molecule has 180 valence electrons. The lowest BCUT2D eigenvalue weighted by molar-refractivity contribution is -0.122. The number of hydrogen-bond donors (Lipinski definition) is 0. The molecule has 0 saturated carbocycles. The maximum atomic E-state index is 12.9. The van der Waals surface area contributed by atoms with Gasteiger partial charge in [0.1, 0.15) is 11.5 Å². The summed E-state index contributed by atoms with van der Waals surface area (Å²) >= 11 is 0. The van der Waals surface area contributed by atoms with Crippen molar-refractivity contribution in [3.63, 3.8) is 0 Å². The van der Waals surface area contributed by atoms with E-state index in [0.29, 0.717) is 18.8 Å². The van der Waals surface area contributed by atoms with Gasteiger partial charge in [-0.15, -0.1) is 0 Å². The van der Waals surface area contributed by atoms with E-state index < -0.39 is 8.32 Å². The molecule has 34 heavy (non-hydrogen) atoms. The van der Waals surface area contributed by atoms with Gasteiger partial charge in [0.25, 0.3) is 8.32 Å². The smallest absolute Gasteiger partial charge is 0.261 e. The highest BCUT2D eigenvalue weighted by atomic mass is 28.4. The number of ether oxygens (including phenoxy) is 1. The van der Waals surface area contributed by atoms with Crippen LogP contribution >= 0.6 is 0 Å². The Bertz CT molecular complexity index is 985. The number of methoxy groups -OCH3 is 1. The van der Waals surface area contributed by atoms with Gasteiger partial charge in [-0.25, -0.2) is 0 Å². The molecule has 0 N–H and O–H groups in total. The zero-order valence-corrected chi connectivity index (χ0v) is 22.2. The number of hydrogen-bond acceptors (Lipinski definition) is 3. The van der Waals surface area contributed by atoms with Gasteiger partial charge in [0, 0.05) is 18.9 Å². The van der Waals surface area contributed by atoms with Crippen molar-refractivity contribution in [2.24, 2.45) is 5.92 Å². The van der Waals surface area contributed by atoms with Gasteiger partial charge in [-0.1, -0.05) is 100 Å². The Hall–Kier alpha value is -2.69. The van der Waals surface area contributed by atoms with E-state index in [9.17, 15) is 4.79 Å². The van der Waals surface area contributed by atoms with Crippen molar-refractivity contribution >= 4 is 24.5 Å². The van der Waals surface area contributed by atoms with Crippen molar-refractivity contribution in [1.82, 2.24) is 0 Å². The Kier molecular flexibility index (Phi) is 8.87. The molecular formula is C30H38O3Si. The van der Waals surface area contributed by atoms with Crippen LogP contribution in [0.15, 0.2) is 84.9 Å². The van der Waals surface area contributed by atoms with Crippen LogP contribution < -0.4 is 15.1 Å². The molecule has 0 spiro atoms. The topological polar surface area (TPSA) is 35.5 Å². The molecule has 4 heteroatoms. The Morgan fingerprint density at radius 3 is 1.85 bits per heavy atom. The minimum absolute atomic E-state index is 0.0311. The molecule has 1 atom stereocenters. The van der Waals surface area contributed by atoms with Crippen molar-refractivity contribution in [2.45, 2.75) is 52.0 Å². The molecular weight excluding hydrogens is 436 g/mol. The predicted octanol–water partition coefficient (Wildman–Crippen LogP) is 5.80. The van der Waals surface area contributed by atoms with Gasteiger partial charge in [0.05, 0.1) is 7.11 Å². The van der Waals surface area contributed by atoms with Gasteiger partial charge < -0.3 is 9.16 Å². The number of carbonyl (C=O) groups excluding carboxylic acids is 1. The highest BCUT2D eigenvalue weighted by Gasteiger charge is 2.50. The third-order valence-electron chi connectivity index (χ3n) is 6.66. The third-order valence-corrected chi connectivity index (χ3v) is 11.7. The summed E-state index contributed by atoms with van der Waals surface area (Å²) in [6, 6.07) is 29.3. The Morgan fingerprint density at radius 2 is 1.38 bits per heavy atom. The SMILES string of the molecule is COc1ccc(CCC(=O)C(C)CCO[Si](c2ccccc2)(c2ccccc2)C(C)(C)C)cc1. The first-order valence-electron chi connectivity index (χ1n) is 12.2. The normalized spacial score (nSPS) is 12.9. The van der Waals surface area contributed by atoms with E-state index in [1.807, 2.05) is 31.2 Å². The van der Waals surface area contributed by atoms with Gasteiger partial charge in [-0.2, -0.15) is 0 Å². The van der Waals surface area contributed by atoms with Crippen LogP contribution in [0.1, 0.15) is 46.1 Å². The number of aryl methyl sites for hydroxylation is 1. The van der Waals surface area contributed by atoms with Crippen LogP contribution in [0.5, 0.6) is 5.75 Å². The lowest BCUT2D eigenvalue weighted by atomic mass is 9.97. The molecule has 1 unspecified atom stereocenters. The van der Waals surface area contributed by atoms with Crippen molar-refractivity contribution < 1.29 is 14.0 Å². The minimum atomic E-state index is -2.55. The van der Waals surface area contributed by atoms with E-state index in [1.165, 1.54) is 10.4 Å². The van der Waals surface area contributed by atoms with Crippen LogP contribution in [0.25, 0.3) is 0 Å². The number of rotatable bonds is 11. The highest BCUT2D eigenvalue weighted by Crippen LogP contribution is 2.37. The molecule has 0 aliphatic heterocycles. The van der Waals surface area contributed by atoms with Crippen molar-refractivity contribution in [2.75, 3.05) is 13.7 Å². The molecule has 0 heterocycles. The Balaban J connectivity index is 1.70. The molecule has 0 saturated heterocycles. The summed E-state index contributed by atoms with van der Waals surface area (Å²) in [5.41, 5.74) is 1.16. The largest absolute Gasteiger partial charge is 0.497 e. The Morgan fingerprint density at radius 1 is 0.853 bits per heavy atom. The van der Waals surface area contributed by atoms with E-state index in [-0.39, 0.29) is 11.0 Å². The second-order valence-electron chi connectivity index (χ2n) is 10.0.